The maximum Gasteiger partial charge on any atom is 0.255 e. The van der Waals surface area contributed by atoms with E-state index in [-0.39, 0.29) is 5.91 Å². The Bertz CT molecular complexity index is 641. The van der Waals surface area contributed by atoms with Gasteiger partial charge in [-0.25, -0.2) is 0 Å². The number of benzene rings is 2. The third-order valence-corrected chi connectivity index (χ3v) is 3.91. The maximum atomic E-state index is 12.2. The molecule has 0 aliphatic heterocycles. The molecule has 0 aliphatic carbocycles. The molecule has 0 aliphatic rings. The zero-order valence-corrected chi connectivity index (χ0v) is 14.3. The summed E-state index contributed by atoms with van der Waals surface area (Å²) >= 11 is 12.6. The number of nitrogens with one attached hydrogen (secondary N) is 1. The van der Waals surface area contributed by atoms with Crippen LogP contribution in [0.1, 0.15) is 10.4 Å². The predicted molar refractivity (Wildman–Crippen MR) is 87.8 cm³/mol. The lowest BCUT2D eigenvalue weighted by molar-refractivity contribution is 0.102. The lowest BCUT2D eigenvalue weighted by atomic mass is 10.2. The Hall–Kier alpha value is -1.04. The van der Waals surface area contributed by atoms with Crippen molar-refractivity contribution in [3.05, 3.63) is 55.9 Å². The number of rotatable bonds is 3. The molecule has 0 saturated heterocycles. The lowest BCUT2D eigenvalue weighted by Crippen LogP contribution is -2.12. The molecular weight excluding hydrogens is 409 g/mol. The molecule has 20 heavy (non-hydrogen) atoms. The Morgan fingerprint density at radius 3 is 2.60 bits per heavy atom. The Kier molecular flexibility index (Phi) is 5.07. The molecule has 2 aromatic carbocycles. The average Bonchev–Trinajstić information content (AvgIpc) is 2.40. The molecule has 104 valence electrons. The molecule has 2 aromatic rings. The number of halogens is 3. The van der Waals surface area contributed by atoms with Gasteiger partial charge in [-0.2, -0.15) is 0 Å². The van der Waals surface area contributed by atoms with E-state index in [0.29, 0.717) is 22.0 Å². The molecule has 0 aromatic heterocycles. The molecule has 0 fully saturated rings. The minimum absolute atomic E-state index is 0.248. The van der Waals surface area contributed by atoms with Gasteiger partial charge in [0.25, 0.3) is 5.91 Å². The van der Waals surface area contributed by atoms with Crippen LogP contribution < -0.4 is 10.1 Å². The molecule has 0 radical (unpaired) electrons. The van der Waals surface area contributed by atoms with Crippen molar-refractivity contribution >= 4 is 55.1 Å². The van der Waals surface area contributed by atoms with Crippen molar-refractivity contribution in [1.29, 1.82) is 0 Å². The number of hydrogen-bond acceptors (Lipinski definition) is 2. The van der Waals surface area contributed by atoms with Crippen LogP contribution in [0.3, 0.4) is 0 Å². The van der Waals surface area contributed by atoms with Crippen molar-refractivity contribution in [2.24, 2.45) is 0 Å². The Labute approximate surface area is 138 Å². The number of carbonyl (C=O) groups is 1. The summed E-state index contributed by atoms with van der Waals surface area (Å²) in [6.07, 6.45) is 0. The van der Waals surface area contributed by atoms with Crippen LogP contribution in [0.2, 0.25) is 5.02 Å². The third kappa shape index (κ3) is 3.75. The zero-order valence-electron chi connectivity index (χ0n) is 10.4. The van der Waals surface area contributed by atoms with Crippen LogP contribution in [-0.4, -0.2) is 13.0 Å². The van der Waals surface area contributed by atoms with Crippen molar-refractivity contribution in [1.82, 2.24) is 0 Å². The zero-order chi connectivity index (χ0) is 14.7. The predicted octanol–water partition coefficient (Wildman–Crippen LogP) is 5.13. The molecule has 3 nitrogen and oxygen atoms in total. The van der Waals surface area contributed by atoms with Crippen LogP contribution in [0.5, 0.6) is 5.75 Å². The van der Waals surface area contributed by atoms with Crippen molar-refractivity contribution in [2.45, 2.75) is 0 Å². The van der Waals surface area contributed by atoms with Crippen LogP contribution >= 0.6 is 43.5 Å². The topological polar surface area (TPSA) is 38.3 Å². The van der Waals surface area contributed by atoms with Crippen LogP contribution in [0.25, 0.3) is 0 Å². The number of methoxy groups -OCH3 is 1. The summed E-state index contributed by atoms with van der Waals surface area (Å²) in [5.41, 5.74) is 1.10. The second-order valence-corrected chi connectivity index (χ2v) is 6.16. The quantitative estimate of drug-likeness (QED) is 0.749. The highest BCUT2D eigenvalue weighted by Crippen LogP contribution is 2.28. The van der Waals surface area contributed by atoms with E-state index in [0.717, 1.165) is 8.95 Å². The lowest BCUT2D eigenvalue weighted by Gasteiger charge is -2.10. The normalized spacial score (nSPS) is 10.2. The van der Waals surface area contributed by atoms with Gasteiger partial charge < -0.3 is 10.1 Å². The molecule has 6 heteroatoms. The summed E-state index contributed by atoms with van der Waals surface area (Å²) in [6.45, 7) is 0. The monoisotopic (exact) mass is 417 g/mol. The van der Waals surface area contributed by atoms with Crippen molar-refractivity contribution in [3.63, 3.8) is 0 Å². The Balaban J connectivity index is 2.27. The number of amides is 1. The molecule has 0 atom stereocenters. The SMILES string of the molecule is COc1ccc(Br)c(NC(=O)c2cc(Cl)cc(Br)c2)c1. The second-order valence-electron chi connectivity index (χ2n) is 3.96. The Morgan fingerprint density at radius 2 is 1.95 bits per heavy atom. The summed E-state index contributed by atoms with van der Waals surface area (Å²) < 4.78 is 6.66. The first-order valence-electron chi connectivity index (χ1n) is 5.60. The van der Waals surface area contributed by atoms with Crippen LogP contribution in [0.4, 0.5) is 5.69 Å². The van der Waals surface area contributed by atoms with Gasteiger partial charge >= 0.3 is 0 Å². The number of ether oxygens (including phenoxy) is 1. The van der Waals surface area contributed by atoms with E-state index in [9.17, 15) is 4.79 Å². The van der Waals surface area contributed by atoms with Crippen LogP contribution in [0.15, 0.2) is 45.3 Å². The van der Waals surface area contributed by atoms with Crippen molar-refractivity contribution < 1.29 is 9.53 Å². The largest absolute Gasteiger partial charge is 0.497 e. The van der Waals surface area contributed by atoms with E-state index in [1.54, 1.807) is 37.4 Å². The van der Waals surface area contributed by atoms with Crippen LogP contribution in [0, 0.1) is 0 Å². The number of carbonyl (C=O) groups excluding carboxylic acids is 1. The molecule has 0 spiro atoms. The van der Waals surface area contributed by atoms with Gasteiger partial charge in [-0.1, -0.05) is 27.5 Å². The average molecular weight is 420 g/mol. The summed E-state index contributed by atoms with van der Waals surface area (Å²) in [4.78, 5) is 12.2. The molecule has 1 N–H and O–H groups in total. The van der Waals surface area contributed by atoms with Gasteiger partial charge in [-0.05, 0) is 46.3 Å². The fourth-order valence-corrected chi connectivity index (χ4v) is 2.81. The van der Waals surface area contributed by atoms with Gasteiger partial charge in [0.1, 0.15) is 5.75 Å². The highest BCUT2D eigenvalue weighted by Gasteiger charge is 2.10. The third-order valence-electron chi connectivity index (χ3n) is 2.55. The van der Waals surface area contributed by atoms with Gasteiger partial charge in [0.2, 0.25) is 0 Å². The highest BCUT2D eigenvalue weighted by atomic mass is 79.9. The summed E-state index contributed by atoms with van der Waals surface area (Å²) in [5.74, 6) is 0.415. The smallest absolute Gasteiger partial charge is 0.255 e. The number of anilines is 1. The molecule has 0 saturated carbocycles. The molecular formula is C14H10Br2ClNO2. The first-order valence-corrected chi connectivity index (χ1v) is 7.57. The first-order chi connectivity index (χ1) is 9.49. The fourth-order valence-electron chi connectivity index (χ4n) is 1.61. The van der Waals surface area contributed by atoms with Gasteiger partial charge in [0.15, 0.2) is 0 Å². The van der Waals surface area contributed by atoms with Crippen LogP contribution in [-0.2, 0) is 0 Å². The highest BCUT2D eigenvalue weighted by molar-refractivity contribution is 9.10. The number of hydrogen-bond donors (Lipinski definition) is 1. The molecule has 2 rings (SSSR count). The maximum absolute atomic E-state index is 12.2. The van der Waals surface area contributed by atoms with E-state index < -0.39 is 0 Å². The van der Waals surface area contributed by atoms with Gasteiger partial charge in [-0.3, -0.25) is 4.79 Å². The van der Waals surface area contributed by atoms with E-state index in [1.807, 2.05) is 6.07 Å². The molecule has 1 amide bonds. The van der Waals surface area contributed by atoms with Crippen molar-refractivity contribution in [3.8, 4) is 5.75 Å². The van der Waals surface area contributed by atoms with E-state index in [2.05, 4.69) is 37.2 Å². The van der Waals surface area contributed by atoms with Gasteiger partial charge in [0.05, 0.1) is 12.8 Å². The minimum Gasteiger partial charge on any atom is -0.497 e. The van der Waals surface area contributed by atoms with E-state index >= 15 is 0 Å². The minimum atomic E-state index is -0.248. The first kappa shape index (κ1) is 15.4. The van der Waals surface area contributed by atoms with E-state index in [1.165, 1.54) is 0 Å². The van der Waals surface area contributed by atoms with E-state index in [4.69, 9.17) is 16.3 Å². The van der Waals surface area contributed by atoms with Gasteiger partial charge in [-0.15, -0.1) is 0 Å². The molecule has 0 heterocycles. The molecule has 0 unspecified atom stereocenters. The standard InChI is InChI=1S/C14H10Br2ClNO2/c1-20-11-2-3-12(16)13(7-11)18-14(19)8-4-9(15)6-10(17)5-8/h2-7H,1H3,(H,18,19). The summed E-state index contributed by atoms with van der Waals surface area (Å²) in [7, 11) is 1.57. The summed E-state index contributed by atoms with van der Waals surface area (Å²) in [5, 5.41) is 3.31. The second kappa shape index (κ2) is 6.61. The van der Waals surface area contributed by atoms with Crippen molar-refractivity contribution in [2.75, 3.05) is 12.4 Å². The summed E-state index contributed by atoms with van der Waals surface area (Å²) in [6, 6.07) is 10.4. The Morgan fingerprint density at radius 1 is 1.20 bits per heavy atom. The van der Waals surface area contributed by atoms with Gasteiger partial charge in [0, 0.05) is 25.6 Å². The fraction of sp³-hybridized carbons (Fsp3) is 0.0714. The molecule has 0 bridgehead atoms.